The SMILES string of the molecule is CC(C)C(CN)CN1CCC(CN2CCCC2)CC1. The molecule has 0 bridgehead atoms. The van der Waals surface area contributed by atoms with Gasteiger partial charge in [0.2, 0.25) is 0 Å². The highest BCUT2D eigenvalue weighted by Crippen LogP contribution is 2.22. The Hall–Kier alpha value is -0.120. The summed E-state index contributed by atoms with van der Waals surface area (Å²) in [4.78, 5) is 5.33. The minimum Gasteiger partial charge on any atom is -0.330 e. The fourth-order valence-corrected chi connectivity index (χ4v) is 3.57. The first-order valence-electron chi connectivity index (χ1n) is 8.33. The predicted octanol–water partition coefficient (Wildman–Crippen LogP) is 2.03. The lowest BCUT2D eigenvalue weighted by Crippen LogP contribution is -2.42. The zero-order valence-corrected chi connectivity index (χ0v) is 13.0. The molecule has 2 aliphatic heterocycles. The van der Waals surface area contributed by atoms with E-state index >= 15 is 0 Å². The minimum atomic E-state index is 0.676. The quantitative estimate of drug-likeness (QED) is 0.799. The highest BCUT2D eigenvalue weighted by atomic mass is 15.2. The molecule has 0 spiro atoms. The number of rotatable bonds is 6. The van der Waals surface area contributed by atoms with Crippen LogP contribution in [0.25, 0.3) is 0 Å². The van der Waals surface area contributed by atoms with Gasteiger partial charge in [0, 0.05) is 13.1 Å². The van der Waals surface area contributed by atoms with Crippen molar-refractivity contribution < 1.29 is 0 Å². The van der Waals surface area contributed by atoms with Gasteiger partial charge in [-0.25, -0.2) is 0 Å². The zero-order valence-electron chi connectivity index (χ0n) is 13.0. The van der Waals surface area contributed by atoms with Crippen LogP contribution in [0.4, 0.5) is 0 Å². The van der Waals surface area contributed by atoms with Crippen LogP contribution in [0.1, 0.15) is 39.5 Å². The molecular weight excluding hydrogens is 234 g/mol. The van der Waals surface area contributed by atoms with Crippen LogP contribution in [-0.4, -0.2) is 55.6 Å². The molecule has 2 fully saturated rings. The van der Waals surface area contributed by atoms with Gasteiger partial charge < -0.3 is 15.5 Å². The molecule has 2 heterocycles. The third-order valence-corrected chi connectivity index (χ3v) is 5.16. The third kappa shape index (κ3) is 4.73. The molecular formula is C16H33N3. The number of piperidine rings is 1. The highest BCUT2D eigenvalue weighted by Gasteiger charge is 2.24. The lowest BCUT2D eigenvalue weighted by molar-refractivity contribution is 0.129. The molecule has 2 N–H and O–H groups in total. The van der Waals surface area contributed by atoms with Crippen molar-refractivity contribution in [1.82, 2.24) is 9.80 Å². The van der Waals surface area contributed by atoms with Crippen molar-refractivity contribution in [2.45, 2.75) is 39.5 Å². The Morgan fingerprint density at radius 1 is 1.00 bits per heavy atom. The standard InChI is InChI=1S/C16H33N3/c1-14(2)16(11-17)13-19-9-5-15(6-10-19)12-18-7-3-4-8-18/h14-16H,3-13,17H2,1-2H3. The molecule has 3 nitrogen and oxygen atoms in total. The number of hydrogen-bond donors (Lipinski definition) is 1. The van der Waals surface area contributed by atoms with Crippen LogP contribution in [-0.2, 0) is 0 Å². The summed E-state index contributed by atoms with van der Waals surface area (Å²) in [5.41, 5.74) is 5.89. The fourth-order valence-electron chi connectivity index (χ4n) is 3.57. The van der Waals surface area contributed by atoms with Crippen LogP contribution in [0.5, 0.6) is 0 Å². The first-order valence-corrected chi connectivity index (χ1v) is 8.33. The Balaban J connectivity index is 1.66. The van der Waals surface area contributed by atoms with E-state index in [2.05, 4.69) is 23.6 Å². The number of hydrogen-bond acceptors (Lipinski definition) is 3. The van der Waals surface area contributed by atoms with Gasteiger partial charge in [-0.15, -0.1) is 0 Å². The second-order valence-electron chi connectivity index (χ2n) is 6.99. The average molecular weight is 267 g/mol. The van der Waals surface area contributed by atoms with E-state index in [1.54, 1.807) is 0 Å². The molecule has 0 aromatic carbocycles. The van der Waals surface area contributed by atoms with Crippen molar-refractivity contribution in [3.05, 3.63) is 0 Å². The first kappa shape index (κ1) is 15.3. The smallest absolute Gasteiger partial charge is 0.00242 e. The Morgan fingerprint density at radius 3 is 2.16 bits per heavy atom. The van der Waals surface area contributed by atoms with Gasteiger partial charge in [-0.05, 0) is 76.2 Å². The number of nitrogens with two attached hydrogens (primary N) is 1. The Morgan fingerprint density at radius 2 is 1.63 bits per heavy atom. The second kappa shape index (κ2) is 7.61. The van der Waals surface area contributed by atoms with E-state index in [4.69, 9.17) is 5.73 Å². The predicted molar refractivity (Wildman–Crippen MR) is 82.2 cm³/mol. The van der Waals surface area contributed by atoms with E-state index in [0.29, 0.717) is 11.8 Å². The van der Waals surface area contributed by atoms with Gasteiger partial charge in [0.1, 0.15) is 0 Å². The molecule has 0 saturated carbocycles. The van der Waals surface area contributed by atoms with Gasteiger partial charge >= 0.3 is 0 Å². The first-order chi connectivity index (χ1) is 9.19. The molecule has 0 amide bonds. The van der Waals surface area contributed by atoms with Gasteiger partial charge in [-0.1, -0.05) is 13.8 Å². The lowest BCUT2D eigenvalue weighted by Gasteiger charge is -2.36. The van der Waals surface area contributed by atoms with Crippen molar-refractivity contribution in [2.75, 3.05) is 45.8 Å². The highest BCUT2D eigenvalue weighted by molar-refractivity contribution is 4.79. The lowest BCUT2D eigenvalue weighted by atomic mass is 9.92. The summed E-state index contributed by atoms with van der Waals surface area (Å²) in [5.74, 6) is 2.34. The number of likely N-dealkylation sites (tertiary alicyclic amines) is 2. The molecule has 1 atom stereocenters. The molecule has 0 radical (unpaired) electrons. The van der Waals surface area contributed by atoms with Crippen molar-refractivity contribution in [3.8, 4) is 0 Å². The van der Waals surface area contributed by atoms with E-state index in [9.17, 15) is 0 Å². The molecule has 3 heteroatoms. The summed E-state index contributed by atoms with van der Waals surface area (Å²) in [6.45, 7) is 13.3. The van der Waals surface area contributed by atoms with E-state index in [1.807, 2.05) is 0 Å². The summed E-state index contributed by atoms with van der Waals surface area (Å²) in [5, 5.41) is 0. The largest absolute Gasteiger partial charge is 0.330 e. The maximum absolute atomic E-state index is 5.89. The van der Waals surface area contributed by atoms with Gasteiger partial charge in [0.15, 0.2) is 0 Å². The zero-order chi connectivity index (χ0) is 13.7. The van der Waals surface area contributed by atoms with Crippen molar-refractivity contribution in [2.24, 2.45) is 23.5 Å². The van der Waals surface area contributed by atoms with E-state index in [-0.39, 0.29) is 0 Å². The molecule has 2 aliphatic rings. The van der Waals surface area contributed by atoms with Crippen molar-refractivity contribution >= 4 is 0 Å². The Bertz CT molecular complexity index is 240. The monoisotopic (exact) mass is 267 g/mol. The summed E-state index contributed by atoms with van der Waals surface area (Å²) in [6, 6.07) is 0. The van der Waals surface area contributed by atoms with E-state index < -0.39 is 0 Å². The maximum atomic E-state index is 5.89. The van der Waals surface area contributed by atoms with Crippen LogP contribution in [0.2, 0.25) is 0 Å². The Labute approximate surface area is 119 Å². The minimum absolute atomic E-state index is 0.676. The van der Waals surface area contributed by atoms with E-state index in [0.717, 1.165) is 12.5 Å². The van der Waals surface area contributed by atoms with Crippen LogP contribution in [0.15, 0.2) is 0 Å². The molecule has 112 valence electrons. The average Bonchev–Trinajstić information content (AvgIpc) is 2.90. The maximum Gasteiger partial charge on any atom is 0.00242 e. The molecule has 1 unspecified atom stereocenters. The molecule has 0 aromatic rings. The summed E-state index contributed by atoms with van der Waals surface area (Å²) in [6.07, 6.45) is 5.63. The van der Waals surface area contributed by atoms with Gasteiger partial charge in [-0.2, -0.15) is 0 Å². The van der Waals surface area contributed by atoms with Crippen LogP contribution in [0.3, 0.4) is 0 Å². The molecule has 2 saturated heterocycles. The van der Waals surface area contributed by atoms with Gasteiger partial charge in [0.25, 0.3) is 0 Å². The van der Waals surface area contributed by atoms with Crippen LogP contribution in [0, 0.1) is 17.8 Å². The normalized spacial score (nSPS) is 25.3. The number of nitrogens with zero attached hydrogens (tertiary/aromatic N) is 2. The summed E-state index contributed by atoms with van der Waals surface area (Å²) in [7, 11) is 0. The topological polar surface area (TPSA) is 32.5 Å². The second-order valence-corrected chi connectivity index (χ2v) is 6.99. The fraction of sp³-hybridized carbons (Fsp3) is 1.00. The molecule has 0 aliphatic carbocycles. The molecule has 19 heavy (non-hydrogen) atoms. The third-order valence-electron chi connectivity index (χ3n) is 5.16. The molecule has 0 aromatic heterocycles. The van der Waals surface area contributed by atoms with Crippen LogP contribution < -0.4 is 5.73 Å². The van der Waals surface area contributed by atoms with Crippen molar-refractivity contribution in [3.63, 3.8) is 0 Å². The summed E-state index contributed by atoms with van der Waals surface area (Å²) < 4.78 is 0. The van der Waals surface area contributed by atoms with E-state index in [1.165, 1.54) is 65.0 Å². The van der Waals surface area contributed by atoms with Crippen LogP contribution >= 0.6 is 0 Å². The molecule has 2 rings (SSSR count). The van der Waals surface area contributed by atoms with Gasteiger partial charge in [-0.3, -0.25) is 0 Å². The van der Waals surface area contributed by atoms with Crippen molar-refractivity contribution in [1.29, 1.82) is 0 Å². The Kier molecular flexibility index (Phi) is 6.11. The van der Waals surface area contributed by atoms with Gasteiger partial charge in [0.05, 0.1) is 0 Å². The summed E-state index contributed by atoms with van der Waals surface area (Å²) >= 11 is 0.